The highest BCUT2D eigenvalue weighted by Gasteiger charge is 2.23. The second-order valence-electron chi connectivity index (χ2n) is 5.76. The normalized spacial score (nSPS) is 20.6. The van der Waals surface area contributed by atoms with Crippen molar-refractivity contribution in [3.63, 3.8) is 0 Å². The van der Waals surface area contributed by atoms with Crippen LogP contribution in [0.4, 0.5) is 0 Å². The van der Waals surface area contributed by atoms with Crippen molar-refractivity contribution in [1.29, 1.82) is 0 Å². The largest absolute Gasteiger partial charge is 0.454 e. The van der Waals surface area contributed by atoms with E-state index in [1.54, 1.807) is 17.5 Å². The molecule has 1 heterocycles. The first-order valence-electron chi connectivity index (χ1n) is 7.83. The van der Waals surface area contributed by atoms with Crippen molar-refractivity contribution in [3.05, 3.63) is 22.4 Å². The second-order valence-corrected chi connectivity index (χ2v) is 6.70. The van der Waals surface area contributed by atoms with E-state index in [1.165, 1.54) is 17.8 Å². The lowest BCUT2D eigenvalue weighted by Crippen LogP contribution is -2.43. The van der Waals surface area contributed by atoms with Crippen LogP contribution in [-0.4, -0.2) is 37.0 Å². The maximum Gasteiger partial charge on any atom is 0.325 e. The predicted molar refractivity (Wildman–Crippen MR) is 87.2 cm³/mol. The van der Waals surface area contributed by atoms with Gasteiger partial charge in [0.1, 0.15) is 6.54 Å². The van der Waals surface area contributed by atoms with Crippen molar-refractivity contribution >= 4 is 29.1 Å². The summed E-state index contributed by atoms with van der Waals surface area (Å²) in [5.41, 5.74) is 0. The van der Waals surface area contributed by atoms with Crippen LogP contribution < -0.4 is 10.6 Å². The molecule has 6 nitrogen and oxygen atoms in total. The Hall–Kier alpha value is -1.89. The smallest absolute Gasteiger partial charge is 0.325 e. The van der Waals surface area contributed by atoms with E-state index in [0.717, 1.165) is 19.3 Å². The number of carbonyl (C=O) groups is 3. The summed E-state index contributed by atoms with van der Waals surface area (Å²) in [5.74, 6) is -0.783. The first kappa shape index (κ1) is 17.5. The molecule has 1 aromatic rings. The van der Waals surface area contributed by atoms with Gasteiger partial charge in [-0.2, -0.15) is 0 Å². The minimum atomic E-state index is -0.623. The highest BCUT2D eigenvalue weighted by atomic mass is 32.1. The fourth-order valence-electron chi connectivity index (χ4n) is 2.62. The van der Waals surface area contributed by atoms with Gasteiger partial charge in [0.2, 0.25) is 0 Å². The van der Waals surface area contributed by atoms with Gasteiger partial charge in [-0.1, -0.05) is 25.8 Å². The Labute approximate surface area is 139 Å². The molecule has 2 atom stereocenters. The topological polar surface area (TPSA) is 84.5 Å². The van der Waals surface area contributed by atoms with Crippen LogP contribution in [0.3, 0.4) is 0 Å². The molecule has 0 radical (unpaired) electrons. The van der Waals surface area contributed by atoms with E-state index in [-0.39, 0.29) is 31.0 Å². The monoisotopic (exact) mass is 338 g/mol. The molecular weight excluding hydrogens is 316 g/mol. The number of hydrogen-bond donors (Lipinski definition) is 2. The molecule has 1 aromatic heterocycles. The number of hydrogen-bond acceptors (Lipinski definition) is 5. The van der Waals surface area contributed by atoms with Gasteiger partial charge in [0.25, 0.3) is 11.8 Å². The molecule has 23 heavy (non-hydrogen) atoms. The van der Waals surface area contributed by atoms with Crippen LogP contribution in [0.2, 0.25) is 0 Å². The van der Waals surface area contributed by atoms with Crippen molar-refractivity contribution < 1.29 is 19.1 Å². The summed E-state index contributed by atoms with van der Waals surface area (Å²) in [6.07, 6.45) is 4.40. The summed E-state index contributed by atoms with van der Waals surface area (Å²) in [6, 6.07) is 3.59. The van der Waals surface area contributed by atoms with E-state index in [4.69, 9.17) is 4.74 Å². The first-order chi connectivity index (χ1) is 11.1. The molecule has 2 amide bonds. The SMILES string of the molecule is C[C@H]1CCCC[C@@H]1NC(=O)COC(=O)CNC(=O)c1cccs1. The molecule has 1 saturated carbocycles. The summed E-state index contributed by atoms with van der Waals surface area (Å²) in [6.45, 7) is 1.57. The molecule has 1 aliphatic rings. The van der Waals surface area contributed by atoms with Gasteiger partial charge in [-0.05, 0) is 30.2 Å². The first-order valence-corrected chi connectivity index (χ1v) is 8.71. The van der Waals surface area contributed by atoms with Gasteiger partial charge in [-0.3, -0.25) is 14.4 Å². The van der Waals surface area contributed by atoms with E-state index < -0.39 is 5.97 Å². The zero-order valence-electron chi connectivity index (χ0n) is 13.2. The van der Waals surface area contributed by atoms with Crippen LogP contribution in [-0.2, 0) is 14.3 Å². The molecule has 7 heteroatoms. The van der Waals surface area contributed by atoms with Gasteiger partial charge in [0.15, 0.2) is 6.61 Å². The Bertz CT molecular complexity index is 544. The van der Waals surface area contributed by atoms with Crippen molar-refractivity contribution in [2.45, 2.75) is 38.6 Å². The van der Waals surface area contributed by atoms with Gasteiger partial charge >= 0.3 is 5.97 Å². The maximum absolute atomic E-state index is 11.8. The average molecular weight is 338 g/mol. The number of carbonyl (C=O) groups excluding carboxylic acids is 3. The quantitative estimate of drug-likeness (QED) is 0.774. The summed E-state index contributed by atoms with van der Waals surface area (Å²) in [7, 11) is 0. The van der Waals surface area contributed by atoms with E-state index in [2.05, 4.69) is 17.6 Å². The summed E-state index contributed by atoms with van der Waals surface area (Å²) in [4.78, 5) is 35.6. The van der Waals surface area contributed by atoms with Crippen molar-refractivity contribution in [1.82, 2.24) is 10.6 Å². The number of ether oxygens (including phenoxy) is 1. The molecule has 0 aromatic carbocycles. The molecule has 0 spiro atoms. The molecule has 1 aliphatic carbocycles. The Morgan fingerprint density at radius 2 is 2.09 bits per heavy atom. The predicted octanol–water partition coefficient (Wildman–Crippen LogP) is 1.72. The molecular formula is C16H22N2O4S. The van der Waals surface area contributed by atoms with Crippen molar-refractivity contribution in [3.8, 4) is 0 Å². The van der Waals surface area contributed by atoms with Crippen LogP contribution in [0.25, 0.3) is 0 Å². The summed E-state index contributed by atoms with van der Waals surface area (Å²) >= 11 is 1.29. The van der Waals surface area contributed by atoms with E-state index in [1.807, 2.05) is 0 Å². The average Bonchev–Trinajstić information content (AvgIpc) is 3.07. The van der Waals surface area contributed by atoms with Gasteiger partial charge < -0.3 is 15.4 Å². The minimum Gasteiger partial charge on any atom is -0.454 e. The Kier molecular flexibility index (Phi) is 6.58. The number of amides is 2. The Morgan fingerprint density at radius 1 is 1.30 bits per heavy atom. The maximum atomic E-state index is 11.8. The molecule has 1 fully saturated rings. The molecule has 0 aliphatic heterocycles. The third kappa shape index (κ3) is 5.67. The molecule has 126 valence electrons. The fourth-order valence-corrected chi connectivity index (χ4v) is 3.26. The number of esters is 1. The van der Waals surface area contributed by atoms with Gasteiger partial charge in [-0.25, -0.2) is 0 Å². The van der Waals surface area contributed by atoms with Crippen LogP contribution in [0.15, 0.2) is 17.5 Å². The number of rotatable bonds is 6. The van der Waals surface area contributed by atoms with E-state index in [9.17, 15) is 14.4 Å². The van der Waals surface area contributed by atoms with Gasteiger partial charge in [0.05, 0.1) is 4.88 Å². The van der Waals surface area contributed by atoms with Gasteiger partial charge in [-0.15, -0.1) is 11.3 Å². The molecule has 0 bridgehead atoms. The lowest BCUT2D eigenvalue weighted by Gasteiger charge is -2.29. The van der Waals surface area contributed by atoms with Crippen LogP contribution in [0.5, 0.6) is 0 Å². The Morgan fingerprint density at radius 3 is 2.78 bits per heavy atom. The third-order valence-electron chi connectivity index (χ3n) is 3.96. The highest BCUT2D eigenvalue weighted by Crippen LogP contribution is 2.23. The third-order valence-corrected chi connectivity index (χ3v) is 4.83. The van der Waals surface area contributed by atoms with Crippen LogP contribution in [0, 0.1) is 5.92 Å². The van der Waals surface area contributed by atoms with Crippen molar-refractivity contribution in [2.75, 3.05) is 13.2 Å². The molecule has 0 unspecified atom stereocenters. The van der Waals surface area contributed by atoms with E-state index in [0.29, 0.717) is 10.8 Å². The minimum absolute atomic E-state index is 0.161. The van der Waals surface area contributed by atoms with Crippen LogP contribution in [0.1, 0.15) is 42.3 Å². The van der Waals surface area contributed by atoms with E-state index >= 15 is 0 Å². The van der Waals surface area contributed by atoms with Crippen molar-refractivity contribution in [2.24, 2.45) is 5.92 Å². The summed E-state index contributed by atoms with van der Waals surface area (Å²) < 4.78 is 4.89. The standard InChI is InChI=1S/C16H22N2O4S/c1-11-5-2-3-6-12(11)18-14(19)10-22-15(20)9-17-16(21)13-7-4-8-23-13/h4,7-8,11-12H,2-3,5-6,9-10H2,1H3,(H,17,21)(H,18,19)/t11-,12-/m0/s1. The lowest BCUT2D eigenvalue weighted by molar-refractivity contribution is -0.147. The number of thiophene rings is 1. The lowest BCUT2D eigenvalue weighted by atomic mass is 9.86. The second kappa shape index (κ2) is 8.67. The molecule has 2 rings (SSSR count). The molecule has 2 N–H and O–H groups in total. The zero-order chi connectivity index (χ0) is 16.7. The summed E-state index contributed by atoms with van der Waals surface area (Å²) in [5, 5.41) is 7.15. The number of nitrogens with one attached hydrogen (secondary N) is 2. The Balaban J connectivity index is 1.63. The zero-order valence-corrected chi connectivity index (χ0v) is 14.0. The van der Waals surface area contributed by atoms with Crippen LogP contribution >= 0.6 is 11.3 Å². The highest BCUT2D eigenvalue weighted by molar-refractivity contribution is 7.12. The fraction of sp³-hybridized carbons (Fsp3) is 0.562. The molecule has 0 saturated heterocycles. The van der Waals surface area contributed by atoms with Gasteiger partial charge in [0, 0.05) is 6.04 Å².